The second kappa shape index (κ2) is 11.2. The van der Waals surface area contributed by atoms with Crippen LogP contribution in [0.4, 0.5) is 10.1 Å². The van der Waals surface area contributed by atoms with Crippen molar-refractivity contribution in [3.05, 3.63) is 77.2 Å². The summed E-state index contributed by atoms with van der Waals surface area (Å²) in [5, 5.41) is 5.42. The SMILES string of the molecule is CCN(C)C(=O)c1cc2ncnc(Oc3ccc(NC(=S)NC(=O)Cc4ccccc4)cc3F)c2s1. The summed E-state index contributed by atoms with van der Waals surface area (Å²) in [6.07, 6.45) is 1.47. The van der Waals surface area contributed by atoms with Crippen LogP contribution in [0.1, 0.15) is 22.2 Å². The van der Waals surface area contributed by atoms with Gasteiger partial charge in [0.05, 0.1) is 16.8 Å². The van der Waals surface area contributed by atoms with Crippen molar-refractivity contribution < 1.29 is 18.7 Å². The zero-order chi connectivity index (χ0) is 25.7. The van der Waals surface area contributed by atoms with Gasteiger partial charge in [0.25, 0.3) is 5.91 Å². The summed E-state index contributed by atoms with van der Waals surface area (Å²) in [6, 6.07) is 15.1. The van der Waals surface area contributed by atoms with Crippen molar-refractivity contribution in [1.29, 1.82) is 0 Å². The lowest BCUT2D eigenvalue weighted by atomic mass is 10.1. The Balaban J connectivity index is 1.43. The average Bonchev–Trinajstić information content (AvgIpc) is 3.30. The van der Waals surface area contributed by atoms with Gasteiger partial charge in [0.1, 0.15) is 11.0 Å². The van der Waals surface area contributed by atoms with E-state index in [4.69, 9.17) is 17.0 Å². The molecule has 0 unspecified atom stereocenters. The zero-order valence-electron chi connectivity index (χ0n) is 19.4. The highest BCUT2D eigenvalue weighted by Gasteiger charge is 2.18. The Morgan fingerprint density at radius 3 is 2.64 bits per heavy atom. The number of aromatic nitrogens is 2. The third-order valence-electron chi connectivity index (χ3n) is 5.17. The fourth-order valence-electron chi connectivity index (χ4n) is 3.22. The Labute approximate surface area is 216 Å². The number of hydrogen-bond acceptors (Lipinski definition) is 7. The molecule has 4 rings (SSSR count). The number of carbonyl (C=O) groups excluding carboxylic acids is 2. The molecule has 0 saturated heterocycles. The van der Waals surface area contributed by atoms with Crippen LogP contribution < -0.4 is 15.4 Å². The number of anilines is 1. The smallest absolute Gasteiger partial charge is 0.263 e. The van der Waals surface area contributed by atoms with Crippen molar-refractivity contribution in [3.8, 4) is 11.6 Å². The minimum absolute atomic E-state index is 0.0503. The summed E-state index contributed by atoms with van der Waals surface area (Å²) in [7, 11) is 1.71. The molecule has 2 aromatic heterocycles. The van der Waals surface area contributed by atoms with Crippen molar-refractivity contribution in [2.45, 2.75) is 13.3 Å². The molecule has 0 atom stereocenters. The first kappa shape index (κ1) is 25.1. The van der Waals surface area contributed by atoms with Crippen LogP contribution in [0.25, 0.3) is 10.2 Å². The van der Waals surface area contributed by atoms with Crippen LogP contribution in [-0.4, -0.2) is 45.4 Å². The molecule has 0 aliphatic rings. The average molecular weight is 524 g/mol. The highest BCUT2D eigenvalue weighted by molar-refractivity contribution is 7.80. The molecule has 0 spiro atoms. The third kappa shape index (κ3) is 5.99. The van der Waals surface area contributed by atoms with E-state index >= 15 is 0 Å². The Morgan fingerprint density at radius 2 is 1.92 bits per heavy atom. The molecule has 8 nitrogen and oxygen atoms in total. The molecular weight excluding hydrogens is 501 g/mol. The molecule has 0 radical (unpaired) electrons. The van der Waals surface area contributed by atoms with Gasteiger partial charge in [-0.2, -0.15) is 0 Å². The molecule has 2 aromatic carbocycles. The standard InChI is InChI=1S/C25H22FN5O3S2/c1-3-31(2)24(33)20-13-18-22(36-20)23(28-14-27-18)34-19-10-9-16(12-17(19)26)29-25(35)30-21(32)11-15-7-5-4-6-8-15/h4-10,12-14H,3,11H2,1-2H3,(H2,29,30,32,35). The molecule has 2 N–H and O–H groups in total. The molecule has 2 heterocycles. The Bertz CT molecular complexity index is 1430. The summed E-state index contributed by atoms with van der Waals surface area (Å²) < 4.78 is 21.1. The molecule has 0 bridgehead atoms. The topological polar surface area (TPSA) is 96.5 Å². The second-order valence-electron chi connectivity index (χ2n) is 7.74. The Morgan fingerprint density at radius 1 is 1.14 bits per heavy atom. The van der Waals surface area contributed by atoms with Gasteiger partial charge in [-0.1, -0.05) is 30.3 Å². The van der Waals surface area contributed by atoms with Crippen LogP contribution in [0, 0.1) is 5.82 Å². The summed E-state index contributed by atoms with van der Waals surface area (Å²) in [5.41, 5.74) is 1.72. The number of halogens is 1. The number of thiophene rings is 1. The van der Waals surface area contributed by atoms with Gasteiger partial charge in [-0.3, -0.25) is 9.59 Å². The van der Waals surface area contributed by atoms with Crippen molar-refractivity contribution in [2.24, 2.45) is 0 Å². The molecule has 0 saturated carbocycles. The van der Waals surface area contributed by atoms with Gasteiger partial charge >= 0.3 is 0 Å². The van der Waals surface area contributed by atoms with E-state index in [-0.39, 0.29) is 35.0 Å². The number of ether oxygens (including phenoxy) is 1. The van der Waals surface area contributed by atoms with E-state index in [2.05, 4.69) is 20.6 Å². The fraction of sp³-hybridized carbons (Fsp3) is 0.160. The van der Waals surface area contributed by atoms with Crippen LogP contribution >= 0.6 is 23.6 Å². The highest BCUT2D eigenvalue weighted by atomic mass is 32.1. The predicted octanol–water partition coefficient (Wildman–Crippen LogP) is 4.77. The molecule has 11 heteroatoms. The van der Waals surface area contributed by atoms with Crippen LogP contribution in [0.3, 0.4) is 0 Å². The van der Waals surface area contributed by atoms with E-state index < -0.39 is 5.82 Å². The van der Waals surface area contributed by atoms with E-state index in [1.165, 1.54) is 29.8 Å². The van der Waals surface area contributed by atoms with Gasteiger partial charge in [-0.05, 0) is 42.9 Å². The van der Waals surface area contributed by atoms with Gasteiger partial charge in [0.2, 0.25) is 11.8 Å². The fourth-order valence-corrected chi connectivity index (χ4v) is 4.49. The molecule has 0 aliphatic carbocycles. The maximum atomic E-state index is 14.8. The number of thiocarbonyl (C=S) groups is 1. The summed E-state index contributed by atoms with van der Waals surface area (Å²) in [6.45, 7) is 2.44. The first-order valence-electron chi connectivity index (χ1n) is 11.0. The maximum absolute atomic E-state index is 14.8. The summed E-state index contributed by atoms with van der Waals surface area (Å²) in [4.78, 5) is 35.0. The minimum Gasteiger partial charge on any atom is -0.434 e. The number of hydrogen-bond donors (Lipinski definition) is 2. The van der Waals surface area contributed by atoms with Crippen LogP contribution in [0.5, 0.6) is 11.6 Å². The van der Waals surface area contributed by atoms with E-state index in [1.54, 1.807) is 24.1 Å². The number of nitrogens with one attached hydrogen (secondary N) is 2. The molecule has 184 valence electrons. The number of amides is 2. The Hall–Kier alpha value is -3.96. The monoisotopic (exact) mass is 523 g/mol. The van der Waals surface area contributed by atoms with Crippen molar-refractivity contribution in [2.75, 3.05) is 18.9 Å². The van der Waals surface area contributed by atoms with E-state index in [9.17, 15) is 14.0 Å². The largest absolute Gasteiger partial charge is 0.434 e. The second-order valence-corrected chi connectivity index (χ2v) is 9.20. The number of rotatable bonds is 7. The van der Waals surface area contributed by atoms with Gasteiger partial charge in [-0.15, -0.1) is 11.3 Å². The lowest BCUT2D eigenvalue weighted by molar-refractivity contribution is -0.119. The van der Waals surface area contributed by atoms with E-state index in [1.807, 2.05) is 37.3 Å². The minimum atomic E-state index is -0.663. The van der Waals surface area contributed by atoms with Crippen LogP contribution in [0.2, 0.25) is 0 Å². The lowest BCUT2D eigenvalue weighted by Crippen LogP contribution is -2.35. The maximum Gasteiger partial charge on any atom is 0.263 e. The number of nitrogens with zero attached hydrogens (tertiary/aromatic N) is 3. The number of benzene rings is 2. The third-order valence-corrected chi connectivity index (χ3v) is 6.47. The predicted molar refractivity (Wildman–Crippen MR) is 141 cm³/mol. The molecule has 0 fully saturated rings. The van der Waals surface area contributed by atoms with Gasteiger partial charge in [-0.25, -0.2) is 14.4 Å². The lowest BCUT2D eigenvalue weighted by Gasteiger charge is -2.12. The number of carbonyl (C=O) groups is 2. The summed E-state index contributed by atoms with van der Waals surface area (Å²) >= 11 is 6.35. The van der Waals surface area contributed by atoms with E-state index in [0.29, 0.717) is 27.3 Å². The number of fused-ring (bicyclic) bond motifs is 1. The van der Waals surface area contributed by atoms with Gasteiger partial charge in [0, 0.05) is 25.3 Å². The zero-order valence-corrected chi connectivity index (χ0v) is 21.1. The van der Waals surface area contributed by atoms with Gasteiger partial charge in [0.15, 0.2) is 16.7 Å². The van der Waals surface area contributed by atoms with E-state index in [0.717, 1.165) is 5.56 Å². The quantitative estimate of drug-likeness (QED) is 0.337. The molecule has 2 amide bonds. The first-order valence-corrected chi connectivity index (χ1v) is 12.2. The van der Waals surface area contributed by atoms with Crippen molar-refractivity contribution in [1.82, 2.24) is 20.2 Å². The molecular formula is C25H22FN5O3S2. The van der Waals surface area contributed by atoms with Crippen molar-refractivity contribution in [3.63, 3.8) is 0 Å². The van der Waals surface area contributed by atoms with Crippen molar-refractivity contribution >= 4 is 56.4 Å². The summed E-state index contributed by atoms with van der Waals surface area (Å²) in [5.74, 6) is -1.01. The van der Waals surface area contributed by atoms with Crippen LogP contribution in [-0.2, 0) is 11.2 Å². The normalized spacial score (nSPS) is 10.6. The first-order chi connectivity index (χ1) is 17.3. The molecule has 36 heavy (non-hydrogen) atoms. The highest BCUT2D eigenvalue weighted by Crippen LogP contribution is 2.35. The molecule has 4 aromatic rings. The van der Waals surface area contributed by atoms with Gasteiger partial charge < -0.3 is 20.3 Å². The van der Waals surface area contributed by atoms with Crippen LogP contribution in [0.15, 0.2) is 60.9 Å². The Kier molecular flexibility index (Phi) is 7.81. The molecule has 0 aliphatic heterocycles.